The molecule has 0 spiro atoms. The van der Waals surface area contributed by atoms with Crippen molar-refractivity contribution in [1.82, 2.24) is 9.78 Å². The van der Waals surface area contributed by atoms with Crippen molar-refractivity contribution < 1.29 is 21.4 Å². The van der Waals surface area contributed by atoms with Gasteiger partial charge in [0.05, 0.1) is 18.6 Å². The molecule has 1 aromatic carbocycles. The molecule has 0 saturated heterocycles. The molecule has 0 aliphatic heterocycles. The predicted molar refractivity (Wildman–Crippen MR) is 88.3 cm³/mol. The molecule has 25 heavy (non-hydrogen) atoms. The fraction of sp³-hybridized carbons (Fsp3) is 0.375. The monoisotopic (exact) mass is 372 g/mol. The van der Waals surface area contributed by atoms with Gasteiger partial charge in [-0.05, 0) is 24.1 Å². The second kappa shape index (κ2) is 7.40. The summed E-state index contributed by atoms with van der Waals surface area (Å²) in [6.07, 6.45) is 0.862. The van der Waals surface area contributed by atoms with Gasteiger partial charge in [0.25, 0.3) is 15.7 Å². The van der Waals surface area contributed by atoms with Crippen LogP contribution in [0.4, 0.5) is 8.78 Å². The zero-order chi connectivity index (χ0) is 18.8. The second-order valence-corrected chi connectivity index (χ2v) is 7.67. The number of benzene rings is 1. The summed E-state index contributed by atoms with van der Waals surface area (Å²) in [7, 11) is -3.76. The normalized spacial score (nSPS) is 11.9. The zero-order valence-corrected chi connectivity index (χ0v) is 14.8. The van der Waals surface area contributed by atoms with Gasteiger partial charge in [0, 0.05) is 23.7 Å². The summed E-state index contributed by atoms with van der Waals surface area (Å²) in [5.74, 6) is -1.50. The third kappa shape index (κ3) is 5.17. The summed E-state index contributed by atoms with van der Waals surface area (Å²) < 4.78 is 55.3. The average Bonchev–Trinajstić information content (AvgIpc) is 2.47. The van der Waals surface area contributed by atoms with E-state index in [1.165, 1.54) is 12.1 Å². The summed E-state index contributed by atoms with van der Waals surface area (Å²) in [6.45, 7) is 3.49. The van der Waals surface area contributed by atoms with E-state index >= 15 is 0 Å². The molecule has 0 atom stereocenters. The Balaban J connectivity index is 2.57. The Bertz CT molecular complexity index is 940. The quantitative estimate of drug-likeness (QED) is 0.727. The fourth-order valence-electron chi connectivity index (χ4n) is 2.17. The molecule has 0 radical (unpaired) electrons. The lowest BCUT2D eigenvalue weighted by molar-refractivity contribution is 0.307. The van der Waals surface area contributed by atoms with Crippen LogP contribution in [-0.4, -0.2) is 24.5 Å². The fourth-order valence-corrected chi connectivity index (χ4v) is 2.51. The first-order valence-electron chi connectivity index (χ1n) is 7.47. The molecule has 9 heteroatoms. The van der Waals surface area contributed by atoms with E-state index in [1.807, 2.05) is 13.8 Å². The van der Waals surface area contributed by atoms with Crippen LogP contribution in [0.2, 0.25) is 0 Å². The molecular formula is C16H18F2N2O4S. The molecule has 0 fully saturated rings. The van der Waals surface area contributed by atoms with Crippen LogP contribution in [0.3, 0.4) is 0 Å². The minimum Gasteiger partial charge on any atom is -0.267 e. The van der Waals surface area contributed by atoms with E-state index in [9.17, 15) is 22.0 Å². The lowest BCUT2D eigenvalue weighted by Gasteiger charge is -2.13. The van der Waals surface area contributed by atoms with E-state index in [4.69, 9.17) is 0 Å². The van der Waals surface area contributed by atoms with Crippen molar-refractivity contribution in [2.45, 2.75) is 27.0 Å². The number of hydrogen-bond acceptors (Lipinski definition) is 5. The predicted octanol–water partition coefficient (Wildman–Crippen LogP) is 2.32. The van der Waals surface area contributed by atoms with Crippen LogP contribution in [0, 0.1) is 17.6 Å². The van der Waals surface area contributed by atoms with Gasteiger partial charge in [0.1, 0.15) is 11.6 Å². The summed E-state index contributed by atoms with van der Waals surface area (Å²) in [5, 5.41) is 4.11. The van der Waals surface area contributed by atoms with Crippen LogP contribution in [0.15, 0.2) is 29.1 Å². The molecule has 0 unspecified atom stereocenters. The van der Waals surface area contributed by atoms with Crippen LogP contribution in [-0.2, 0) is 27.5 Å². The zero-order valence-electron chi connectivity index (χ0n) is 14.0. The first-order valence-corrected chi connectivity index (χ1v) is 9.29. The standard InChI is InChI=1S/C16H18F2N2O4S/c1-10(2)8-20-16(21)11(9-24-25(3,22)23)6-15(19-20)13-5-4-12(17)7-14(13)18/h4-7,10H,8-9H2,1-3H3. The van der Waals surface area contributed by atoms with Crippen molar-refractivity contribution in [3.8, 4) is 11.3 Å². The van der Waals surface area contributed by atoms with Gasteiger partial charge in [-0.15, -0.1) is 0 Å². The maximum Gasteiger partial charge on any atom is 0.272 e. The number of rotatable bonds is 6. The molecule has 1 heterocycles. The van der Waals surface area contributed by atoms with Crippen molar-refractivity contribution in [3.05, 3.63) is 51.8 Å². The Morgan fingerprint density at radius 3 is 2.48 bits per heavy atom. The highest BCUT2D eigenvalue weighted by Crippen LogP contribution is 2.22. The van der Waals surface area contributed by atoms with Crippen molar-refractivity contribution in [2.75, 3.05) is 6.26 Å². The maximum absolute atomic E-state index is 14.0. The lowest BCUT2D eigenvalue weighted by atomic mass is 10.1. The molecule has 0 aliphatic rings. The van der Waals surface area contributed by atoms with Crippen LogP contribution in [0.5, 0.6) is 0 Å². The van der Waals surface area contributed by atoms with Gasteiger partial charge in [-0.2, -0.15) is 13.5 Å². The molecule has 2 aromatic rings. The Kier molecular flexibility index (Phi) is 5.69. The van der Waals surface area contributed by atoms with Gasteiger partial charge in [-0.25, -0.2) is 13.5 Å². The van der Waals surface area contributed by atoms with Crippen LogP contribution >= 0.6 is 0 Å². The first-order chi connectivity index (χ1) is 11.6. The van der Waals surface area contributed by atoms with E-state index in [2.05, 4.69) is 9.28 Å². The Morgan fingerprint density at radius 1 is 1.24 bits per heavy atom. The van der Waals surface area contributed by atoms with Crippen LogP contribution < -0.4 is 5.56 Å². The van der Waals surface area contributed by atoms with Gasteiger partial charge in [-0.3, -0.25) is 8.98 Å². The van der Waals surface area contributed by atoms with Crippen molar-refractivity contribution in [2.24, 2.45) is 5.92 Å². The maximum atomic E-state index is 14.0. The Hall–Kier alpha value is -2.13. The van der Waals surface area contributed by atoms with E-state index in [0.29, 0.717) is 6.07 Å². The van der Waals surface area contributed by atoms with Crippen molar-refractivity contribution >= 4 is 10.1 Å². The summed E-state index contributed by atoms with van der Waals surface area (Å²) in [5.41, 5.74) is -0.423. The van der Waals surface area contributed by atoms with E-state index in [-0.39, 0.29) is 29.3 Å². The highest BCUT2D eigenvalue weighted by atomic mass is 32.2. The Labute approximate surface area is 144 Å². The molecule has 6 nitrogen and oxygen atoms in total. The topological polar surface area (TPSA) is 78.3 Å². The summed E-state index contributed by atoms with van der Waals surface area (Å²) in [6, 6.07) is 4.24. The number of halogens is 2. The highest BCUT2D eigenvalue weighted by Gasteiger charge is 2.16. The number of aromatic nitrogens is 2. The third-order valence-electron chi connectivity index (χ3n) is 3.22. The minimum atomic E-state index is -3.76. The third-order valence-corrected chi connectivity index (χ3v) is 3.77. The molecule has 0 saturated carbocycles. The van der Waals surface area contributed by atoms with Gasteiger partial charge in [0.15, 0.2) is 0 Å². The smallest absolute Gasteiger partial charge is 0.267 e. The van der Waals surface area contributed by atoms with Gasteiger partial charge >= 0.3 is 0 Å². The summed E-state index contributed by atoms with van der Waals surface area (Å²) >= 11 is 0. The molecule has 0 N–H and O–H groups in total. The van der Waals surface area contributed by atoms with Crippen molar-refractivity contribution in [3.63, 3.8) is 0 Å². The molecule has 136 valence electrons. The lowest BCUT2D eigenvalue weighted by Crippen LogP contribution is -2.29. The number of hydrogen-bond donors (Lipinski definition) is 0. The van der Waals surface area contributed by atoms with Gasteiger partial charge in [-0.1, -0.05) is 13.8 Å². The molecular weight excluding hydrogens is 354 g/mol. The molecule has 2 rings (SSSR count). The van der Waals surface area contributed by atoms with Crippen LogP contribution in [0.25, 0.3) is 11.3 Å². The van der Waals surface area contributed by atoms with E-state index in [1.54, 1.807) is 0 Å². The van der Waals surface area contributed by atoms with Gasteiger partial charge in [0.2, 0.25) is 0 Å². The van der Waals surface area contributed by atoms with E-state index < -0.39 is 33.9 Å². The van der Waals surface area contributed by atoms with Gasteiger partial charge < -0.3 is 0 Å². The highest BCUT2D eigenvalue weighted by molar-refractivity contribution is 7.85. The molecule has 0 aliphatic carbocycles. The second-order valence-electron chi connectivity index (χ2n) is 6.03. The number of nitrogens with zero attached hydrogens (tertiary/aromatic N) is 2. The van der Waals surface area contributed by atoms with E-state index in [0.717, 1.165) is 17.0 Å². The first kappa shape index (κ1) is 19.2. The SMILES string of the molecule is CC(C)Cn1nc(-c2ccc(F)cc2F)cc(COS(C)(=O)=O)c1=O. The summed E-state index contributed by atoms with van der Waals surface area (Å²) in [4.78, 5) is 12.4. The van der Waals surface area contributed by atoms with Crippen LogP contribution in [0.1, 0.15) is 19.4 Å². The minimum absolute atomic E-state index is 0.000452. The average molecular weight is 372 g/mol. The molecule has 1 aromatic heterocycles. The molecule has 0 bridgehead atoms. The Morgan fingerprint density at radius 2 is 1.92 bits per heavy atom. The van der Waals surface area contributed by atoms with Crippen molar-refractivity contribution in [1.29, 1.82) is 0 Å². The molecule has 0 amide bonds. The largest absolute Gasteiger partial charge is 0.272 e.